The molecular formula is C26H39N7O5. The van der Waals surface area contributed by atoms with Gasteiger partial charge in [-0.15, -0.1) is 0 Å². The summed E-state index contributed by atoms with van der Waals surface area (Å²) in [6, 6.07) is 4.03. The number of anilines is 3. The van der Waals surface area contributed by atoms with Crippen molar-refractivity contribution in [2.24, 2.45) is 0 Å². The quantitative estimate of drug-likeness (QED) is 0.282. The predicted molar refractivity (Wildman–Crippen MR) is 144 cm³/mol. The molecule has 2 N–H and O–H groups in total. The van der Waals surface area contributed by atoms with E-state index in [-0.39, 0.29) is 12.6 Å². The fraction of sp³-hybridized carbons (Fsp3) is 0.615. The summed E-state index contributed by atoms with van der Waals surface area (Å²) in [5.41, 5.74) is 1.79. The molecule has 0 spiro atoms. The Kier molecular flexibility index (Phi) is 10.6. The second kappa shape index (κ2) is 14.3. The van der Waals surface area contributed by atoms with Gasteiger partial charge in [0.15, 0.2) is 0 Å². The van der Waals surface area contributed by atoms with Crippen LogP contribution in [0.15, 0.2) is 24.5 Å². The standard InChI is InChI=1S/C26H39N7O5/c1-19(2)33-22-16-24(30-23-4-7-27-26(31-23)32-8-5-20(35-3)6-9-32)28-17-21(22)29-25(33)18-38-15-14-37-13-12-36-11-10-34/h4,7,16-17,19-20,34H,5-6,8-15,18H2,1-3H3,(H,27,28,30,31). The van der Waals surface area contributed by atoms with Crippen molar-refractivity contribution >= 4 is 28.6 Å². The number of aliphatic hydroxyl groups excluding tert-OH is 1. The van der Waals surface area contributed by atoms with E-state index in [9.17, 15) is 0 Å². The van der Waals surface area contributed by atoms with E-state index in [2.05, 4.69) is 38.6 Å². The van der Waals surface area contributed by atoms with Crippen molar-refractivity contribution in [2.75, 3.05) is 70.1 Å². The first-order valence-corrected chi connectivity index (χ1v) is 13.2. The molecule has 0 aromatic carbocycles. The van der Waals surface area contributed by atoms with Crippen molar-refractivity contribution in [1.82, 2.24) is 24.5 Å². The first-order chi connectivity index (χ1) is 18.6. The summed E-state index contributed by atoms with van der Waals surface area (Å²) >= 11 is 0. The van der Waals surface area contributed by atoms with E-state index in [0.29, 0.717) is 63.3 Å². The van der Waals surface area contributed by atoms with Gasteiger partial charge in [-0.05, 0) is 32.8 Å². The van der Waals surface area contributed by atoms with Gasteiger partial charge in [-0.2, -0.15) is 4.98 Å². The van der Waals surface area contributed by atoms with Crippen LogP contribution in [0.5, 0.6) is 0 Å². The SMILES string of the molecule is COC1CCN(c2nccc(Nc3cc4c(cn3)nc(COCCOCCOCCO)n4C(C)C)n2)CC1. The largest absolute Gasteiger partial charge is 0.394 e. The fourth-order valence-corrected chi connectivity index (χ4v) is 4.46. The molecule has 38 heavy (non-hydrogen) atoms. The number of hydrogen-bond donors (Lipinski definition) is 2. The highest BCUT2D eigenvalue weighted by atomic mass is 16.5. The van der Waals surface area contributed by atoms with E-state index in [1.54, 1.807) is 19.5 Å². The first kappa shape index (κ1) is 28.1. The third-order valence-electron chi connectivity index (χ3n) is 6.33. The highest BCUT2D eigenvalue weighted by molar-refractivity contribution is 5.79. The molecule has 12 heteroatoms. The van der Waals surface area contributed by atoms with Crippen molar-refractivity contribution in [1.29, 1.82) is 0 Å². The Morgan fingerprint density at radius 2 is 1.74 bits per heavy atom. The summed E-state index contributed by atoms with van der Waals surface area (Å²) in [4.78, 5) is 20.7. The number of ether oxygens (including phenoxy) is 4. The number of nitrogens with zero attached hydrogens (tertiary/aromatic N) is 6. The summed E-state index contributed by atoms with van der Waals surface area (Å²) in [5.74, 6) is 2.92. The number of pyridine rings is 1. The molecule has 208 valence electrons. The van der Waals surface area contributed by atoms with E-state index in [1.807, 2.05) is 12.1 Å². The second-order valence-electron chi connectivity index (χ2n) is 9.34. The summed E-state index contributed by atoms with van der Waals surface area (Å²) in [7, 11) is 1.77. The zero-order chi connectivity index (χ0) is 26.7. The molecule has 4 heterocycles. The predicted octanol–water partition coefficient (Wildman–Crippen LogP) is 2.70. The number of hydrogen-bond acceptors (Lipinski definition) is 11. The maximum atomic E-state index is 8.70. The molecule has 3 aromatic rings. The van der Waals surface area contributed by atoms with Crippen LogP contribution in [0.1, 0.15) is 38.6 Å². The minimum atomic E-state index is 0.0172. The van der Waals surface area contributed by atoms with Gasteiger partial charge in [-0.3, -0.25) is 0 Å². The van der Waals surface area contributed by atoms with Crippen LogP contribution in [-0.4, -0.2) is 95.6 Å². The van der Waals surface area contributed by atoms with Crippen molar-refractivity contribution < 1.29 is 24.1 Å². The van der Waals surface area contributed by atoms with E-state index in [4.69, 9.17) is 34.0 Å². The monoisotopic (exact) mass is 529 g/mol. The minimum absolute atomic E-state index is 0.0172. The van der Waals surface area contributed by atoms with Gasteiger partial charge in [0.1, 0.15) is 29.6 Å². The van der Waals surface area contributed by atoms with Crippen molar-refractivity contribution in [3.8, 4) is 0 Å². The Hall–Kier alpha value is -2.90. The number of piperidine rings is 1. The third kappa shape index (κ3) is 7.58. The van der Waals surface area contributed by atoms with Crippen molar-refractivity contribution in [3.63, 3.8) is 0 Å². The maximum absolute atomic E-state index is 8.70. The molecule has 0 amide bonds. The fourth-order valence-electron chi connectivity index (χ4n) is 4.46. The number of methoxy groups -OCH3 is 1. The topological polar surface area (TPSA) is 129 Å². The summed E-state index contributed by atoms with van der Waals surface area (Å²) < 4.78 is 24.1. The smallest absolute Gasteiger partial charge is 0.227 e. The normalized spacial score (nSPS) is 14.6. The number of rotatable bonds is 15. The molecule has 4 rings (SSSR count). The van der Waals surface area contributed by atoms with Gasteiger partial charge >= 0.3 is 0 Å². The van der Waals surface area contributed by atoms with Crippen LogP contribution in [0, 0.1) is 0 Å². The Bertz CT molecular complexity index is 1130. The molecule has 3 aromatic heterocycles. The lowest BCUT2D eigenvalue weighted by Crippen LogP contribution is -2.37. The molecule has 1 fully saturated rings. The number of imidazole rings is 1. The number of aliphatic hydroxyl groups is 1. The van der Waals surface area contributed by atoms with E-state index in [0.717, 1.165) is 42.8 Å². The number of nitrogens with one attached hydrogen (secondary N) is 1. The van der Waals surface area contributed by atoms with Crippen LogP contribution >= 0.6 is 0 Å². The molecule has 0 atom stereocenters. The van der Waals surface area contributed by atoms with Gasteiger partial charge < -0.3 is 38.8 Å². The Morgan fingerprint density at radius 3 is 2.45 bits per heavy atom. The molecular weight excluding hydrogens is 490 g/mol. The van der Waals surface area contributed by atoms with Gasteiger partial charge in [0.05, 0.1) is 57.5 Å². The zero-order valence-electron chi connectivity index (χ0n) is 22.5. The lowest BCUT2D eigenvalue weighted by atomic mass is 10.1. The molecule has 0 saturated carbocycles. The molecule has 0 unspecified atom stereocenters. The second-order valence-corrected chi connectivity index (χ2v) is 9.34. The van der Waals surface area contributed by atoms with E-state index < -0.39 is 0 Å². The third-order valence-corrected chi connectivity index (χ3v) is 6.33. The van der Waals surface area contributed by atoms with Crippen LogP contribution in [-0.2, 0) is 25.6 Å². The van der Waals surface area contributed by atoms with Crippen LogP contribution in [0.2, 0.25) is 0 Å². The summed E-state index contributed by atoms with van der Waals surface area (Å²) in [5, 5.41) is 12.0. The average Bonchev–Trinajstić information content (AvgIpc) is 3.30. The molecule has 0 bridgehead atoms. The van der Waals surface area contributed by atoms with Crippen LogP contribution in [0.3, 0.4) is 0 Å². The molecule has 1 aliphatic heterocycles. The van der Waals surface area contributed by atoms with Gasteiger partial charge in [-0.1, -0.05) is 0 Å². The van der Waals surface area contributed by atoms with Crippen molar-refractivity contribution in [3.05, 3.63) is 30.4 Å². The highest BCUT2D eigenvalue weighted by Crippen LogP contribution is 2.25. The molecule has 12 nitrogen and oxygen atoms in total. The highest BCUT2D eigenvalue weighted by Gasteiger charge is 2.21. The Balaban J connectivity index is 1.37. The molecule has 1 aliphatic rings. The minimum Gasteiger partial charge on any atom is -0.394 e. The maximum Gasteiger partial charge on any atom is 0.227 e. The van der Waals surface area contributed by atoms with Crippen LogP contribution < -0.4 is 10.2 Å². The van der Waals surface area contributed by atoms with Crippen LogP contribution in [0.25, 0.3) is 11.0 Å². The van der Waals surface area contributed by atoms with Crippen LogP contribution in [0.4, 0.5) is 17.6 Å². The summed E-state index contributed by atoms with van der Waals surface area (Å²) in [6.45, 7) is 8.53. The average molecular weight is 530 g/mol. The molecule has 1 saturated heterocycles. The molecule has 0 aliphatic carbocycles. The Morgan fingerprint density at radius 1 is 1.00 bits per heavy atom. The summed E-state index contributed by atoms with van der Waals surface area (Å²) in [6.07, 6.45) is 5.78. The van der Waals surface area contributed by atoms with E-state index >= 15 is 0 Å². The number of fused-ring (bicyclic) bond motifs is 1. The molecule has 0 radical (unpaired) electrons. The van der Waals surface area contributed by atoms with Gasteiger partial charge in [-0.25, -0.2) is 15.0 Å². The number of aromatic nitrogens is 5. The van der Waals surface area contributed by atoms with Crippen molar-refractivity contribution in [2.45, 2.75) is 45.4 Å². The lowest BCUT2D eigenvalue weighted by molar-refractivity contribution is 0.00311. The Labute approximate surface area is 223 Å². The first-order valence-electron chi connectivity index (χ1n) is 13.2. The van der Waals surface area contributed by atoms with E-state index in [1.165, 1.54) is 0 Å². The van der Waals surface area contributed by atoms with Gasteiger partial charge in [0.2, 0.25) is 5.95 Å². The lowest BCUT2D eigenvalue weighted by Gasteiger charge is -2.31. The zero-order valence-corrected chi connectivity index (χ0v) is 22.5. The van der Waals surface area contributed by atoms with Gasteiger partial charge in [0.25, 0.3) is 0 Å². The van der Waals surface area contributed by atoms with Gasteiger partial charge in [0, 0.05) is 38.5 Å².